The highest BCUT2D eigenvalue weighted by atomic mass is 16.4. The summed E-state index contributed by atoms with van der Waals surface area (Å²) in [5, 5.41) is 8.80. The van der Waals surface area contributed by atoms with E-state index in [1.807, 2.05) is 38.2 Å². The summed E-state index contributed by atoms with van der Waals surface area (Å²) in [4.78, 5) is 23.8. The van der Waals surface area contributed by atoms with Crippen molar-refractivity contribution in [2.24, 2.45) is 20.9 Å². The largest absolute Gasteiger partial charge is 0.481 e. The summed E-state index contributed by atoms with van der Waals surface area (Å²) < 4.78 is 0. The average molecular weight is 345 g/mol. The van der Waals surface area contributed by atoms with Gasteiger partial charge in [-0.05, 0) is 46.2 Å². The second-order valence-corrected chi connectivity index (χ2v) is 5.51. The summed E-state index contributed by atoms with van der Waals surface area (Å²) >= 11 is 0. The normalized spacial score (nSPS) is 14.2. The molecule has 5 heteroatoms. The minimum atomic E-state index is -0.769. The molecule has 0 aromatic rings. The Morgan fingerprint density at radius 1 is 1.12 bits per heavy atom. The van der Waals surface area contributed by atoms with E-state index >= 15 is 0 Å². The van der Waals surface area contributed by atoms with Crippen LogP contribution in [0.1, 0.15) is 46.0 Å². The van der Waals surface area contributed by atoms with Crippen LogP contribution >= 0.6 is 0 Å². The van der Waals surface area contributed by atoms with Crippen molar-refractivity contribution in [1.29, 1.82) is 0 Å². The van der Waals surface area contributed by atoms with Gasteiger partial charge < -0.3 is 5.11 Å². The third-order valence-electron chi connectivity index (χ3n) is 3.58. The van der Waals surface area contributed by atoms with Gasteiger partial charge in [0.05, 0.1) is 18.0 Å². The van der Waals surface area contributed by atoms with Crippen LogP contribution in [0, 0.1) is 5.92 Å². The van der Waals surface area contributed by atoms with Crippen molar-refractivity contribution in [3.63, 3.8) is 0 Å². The van der Waals surface area contributed by atoms with Gasteiger partial charge in [0.1, 0.15) is 6.67 Å². The molecule has 0 saturated heterocycles. The minimum absolute atomic E-state index is 0.0572. The fraction of sp³-hybridized carbons (Fsp3) is 0.500. The van der Waals surface area contributed by atoms with Gasteiger partial charge in [0, 0.05) is 12.3 Å². The van der Waals surface area contributed by atoms with E-state index < -0.39 is 5.97 Å². The summed E-state index contributed by atoms with van der Waals surface area (Å²) in [6.45, 7) is 12.2. The van der Waals surface area contributed by atoms with E-state index in [0.29, 0.717) is 19.4 Å². The molecule has 0 aromatic carbocycles. The van der Waals surface area contributed by atoms with Crippen LogP contribution in [0.4, 0.5) is 0 Å². The number of hydrogen-bond acceptors (Lipinski definition) is 4. The summed E-state index contributed by atoms with van der Waals surface area (Å²) in [5.74, 6) is -0.712. The summed E-state index contributed by atoms with van der Waals surface area (Å²) in [6, 6.07) is 0. The van der Waals surface area contributed by atoms with Crippen molar-refractivity contribution in [1.82, 2.24) is 0 Å². The number of allylic oxidation sites excluding steroid dienone is 4. The predicted octanol–water partition coefficient (Wildman–Crippen LogP) is 4.52. The Labute approximate surface area is 151 Å². The molecule has 1 unspecified atom stereocenters. The molecule has 0 aromatic heterocycles. The fourth-order valence-electron chi connectivity index (χ4n) is 2.28. The Morgan fingerprint density at radius 3 is 2.36 bits per heavy atom. The van der Waals surface area contributed by atoms with Crippen LogP contribution in [0.25, 0.3) is 0 Å². The number of carbonyl (C=O) groups is 1. The molecule has 0 saturated carbocycles. The maximum Gasteiger partial charge on any atom is 0.303 e. The van der Waals surface area contributed by atoms with Crippen molar-refractivity contribution >= 4 is 24.1 Å². The van der Waals surface area contributed by atoms with Gasteiger partial charge in [-0.2, -0.15) is 0 Å². The quantitative estimate of drug-likeness (QED) is 0.285. The molecule has 0 aliphatic rings. The minimum Gasteiger partial charge on any atom is -0.481 e. The van der Waals surface area contributed by atoms with E-state index in [0.717, 1.165) is 24.3 Å². The van der Waals surface area contributed by atoms with E-state index in [4.69, 9.17) is 5.11 Å². The van der Waals surface area contributed by atoms with Crippen LogP contribution in [0.5, 0.6) is 0 Å². The number of aliphatic carboxylic acids is 1. The van der Waals surface area contributed by atoms with Gasteiger partial charge >= 0.3 is 5.97 Å². The van der Waals surface area contributed by atoms with Gasteiger partial charge in [-0.1, -0.05) is 30.4 Å². The molecule has 0 aliphatic carbocycles. The number of unbranched alkanes of at least 4 members (excludes halogenated alkanes) is 1. The fourth-order valence-corrected chi connectivity index (χ4v) is 2.28. The lowest BCUT2D eigenvalue weighted by Crippen LogP contribution is -2.24. The molecule has 0 aliphatic heterocycles. The van der Waals surface area contributed by atoms with Crippen molar-refractivity contribution in [2.45, 2.75) is 46.0 Å². The molecular formula is C20H31N3O2. The number of rotatable bonds is 14. The third kappa shape index (κ3) is 11.0. The number of nitrogens with zero attached hydrogens (tertiary/aromatic N) is 3. The lowest BCUT2D eigenvalue weighted by Gasteiger charge is -2.17. The molecule has 1 atom stereocenters. The molecule has 0 rings (SSSR count). The van der Waals surface area contributed by atoms with Crippen LogP contribution in [0.2, 0.25) is 0 Å². The van der Waals surface area contributed by atoms with Crippen LogP contribution in [0.15, 0.2) is 51.9 Å². The number of carboxylic acid groups (broad SMARTS) is 1. The lowest BCUT2D eigenvalue weighted by molar-refractivity contribution is -0.137. The van der Waals surface area contributed by atoms with Crippen molar-refractivity contribution in [3.8, 4) is 0 Å². The SMILES string of the molecule is C=CC(C/C=C\C)C(=N/CN=C)/C(CCCCC(=O)O)=N\C/C=C/C. The molecule has 0 radical (unpaired) electrons. The maximum atomic E-state index is 10.7. The molecule has 0 heterocycles. The highest BCUT2D eigenvalue weighted by Gasteiger charge is 2.17. The lowest BCUT2D eigenvalue weighted by atomic mass is 9.92. The van der Waals surface area contributed by atoms with Gasteiger partial charge in [-0.15, -0.1) is 6.58 Å². The molecular weight excluding hydrogens is 314 g/mol. The van der Waals surface area contributed by atoms with Crippen molar-refractivity contribution in [3.05, 3.63) is 37.0 Å². The molecule has 0 fully saturated rings. The van der Waals surface area contributed by atoms with E-state index in [1.54, 1.807) is 0 Å². The Kier molecular flexibility index (Phi) is 13.8. The zero-order valence-electron chi connectivity index (χ0n) is 15.5. The topological polar surface area (TPSA) is 74.4 Å². The first-order chi connectivity index (χ1) is 12.1. The Balaban J connectivity index is 5.40. The molecule has 1 N–H and O–H groups in total. The second-order valence-electron chi connectivity index (χ2n) is 5.51. The second kappa shape index (κ2) is 15.2. The van der Waals surface area contributed by atoms with Crippen molar-refractivity contribution < 1.29 is 9.90 Å². The highest BCUT2D eigenvalue weighted by molar-refractivity contribution is 6.43. The van der Waals surface area contributed by atoms with Crippen LogP contribution in [-0.4, -0.2) is 42.4 Å². The first kappa shape index (κ1) is 22.7. The molecule has 0 spiro atoms. The van der Waals surface area contributed by atoms with E-state index in [-0.39, 0.29) is 19.0 Å². The predicted molar refractivity (Wildman–Crippen MR) is 108 cm³/mol. The Hall–Kier alpha value is -2.30. The van der Waals surface area contributed by atoms with Crippen LogP contribution in [0.3, 0.4) is 0 Å². The van der Waals surface area contributed by atoms with E-state index in [9.17, 15) is 4.79 Å². The van der Waals surface area contributed by atoms with Gasteiger partial charge in [0.2, 0.25) is 0 Å². The Morgan fingerprint density at radius 2 is 1.80 bits per heavy atom. The summed E-state index contributed by atoms with van der Waals surface area (Å²) in [7, 11) is 0. The monoisotopic (exact) mass is 345 g/mol. The number of carboxylic acids is 1. The smallest absolute Gasteiger partial charge is 0.303 e. The van der Waals surface area contributed by atoms with Gasteiger partial charge in [0.25, 0.3) is 0 Å². The van der Waals surface area contributed by atoms with Crippen LogP contribution in [-0.2, 0) is 4.79 Å². The summed E-state index contributed by atoms with van der Waals surface area (Å²) in [5.41, 5.74) is 1.78. The maximum absolute atomic E-state index is 10.7. The first-order valence-corrected chi connectivity index (χ1v) is 8.67. The van der Waals surface area contributed by atoms with E-state index in [2.05, 4.69) is 34.3 Å². The molecule has 0 bridgehead atoms. The zero-order chi connectivity index (χ0) is 18.9. The number of hydrogen-bond donors (Lipinski definition) is 1. The standard InChI is InChI=1S/C20H31N3O2/c1-5-8-12-17(7-3)20(23-16-21-4)18(22-15-9-6-2)13-10-11-14-19(24)25/h5-9,17H,3-4,10-16H2,1-2H3,(H,24,25)/b8-5-,9-6+,22-18-,23-20-. The molecule has 5 nitrogen and oxygen atoms in total. The van der Waals surface area contributed by atoms with Crippen LogP contribution < -0.4 is 0 Å². The first-order valence-electron chi connectivity index (χ1n) is 8.67. The van der Waals surface area contributed by atoms with E-state index in [1.165, 1.54) is 0 Å². The van der Waals surface area contributed by atoms with Gasteiger partial charge in [-0.25, -0.2) is 0 Å². The molecule has 25 heavy (non-hydrogen) atoms. The zero-order valence-corrected chi connectivity index (χ0v) is 15.5. The number of aliphatic imine (C=N–C) groups is 3. The molecule has 0 amide bonds. The third-order valence-corrected chi connectivity index (χ3v) is 3.58. The highest BCUT2D eigenvalue weighted by Crippen LogP contribution is 2.15. The average Bonchev–Trinajstić information content (AvgIpc) is 2.60. The van der Waals surface area contributed by atoms with Gasteiger partial charge in [-0.3, -0.25) is 19.8 Å². The molecule has 138 valence electrons. The van der Waals surface area contributed by atoms with Crippen molar-refractivity contribution in [2.75, 3.05) is 13.2 Å². The summed E-state index contributed by atoms with van der Waals surface area (Å²) in [6.07, 6.45) is 13.0. The Bertz CT molecular complexity index is 531. The van der Waals surface area contributed by atoms with Gasteiger partial charge in [0.15, 0.2) is 0 Å².